The fourth-order valence-electron chi connectivity index (χ4n) is 1.63. The van der Waals surface area contributed by atoms with Crippen molar-refractivity contribution in [2.45, 2.75) is 13.8 Å². The van der Waals surface area contributed by atoms with E-state index in [9.17, 15) is 9.90 Å². The first-order valence-electron chi connectivity index (χ1n) is 5.93. The molecule has 1 aromatic heterocycles. The lowest BCUT2D eigenvalue weighted by molar-refractivity contribution is 0.0981. The number of hydrogen-bond acceptors (Lipinski definition) is 4. The molecular formula is C14H14N2O2S2. The largest absolute Gasteiger partial charge is 0.506 e. The third-order valence-corrected chi connectivity index (χ3v) is 3.91. The van der Waals surface area contributed by atoms with Crippen molar-refractivity contribution in [1.82, 2.24) is 5.32 Å². The summed E-state index contributed by atoms with van der Waals surface area (Å²) in [6, 6.07) is 6.96. The van der Waals surface area contributed by atoms with Gasteiger partial charge in [0, 0.05) is 0 Å². The molecule has 2 rings (SSSR count). The van der Waals surface area contributed by atoms with Crippen LogP contribution in [0.5, 0.6) is 5.75 Å². The van der Waals surface area contributed by atoms with Crippen LogP contribution < -0.4 is 10.6 Å². The number of phenols is 1. The van der Waals surface area contributed by atoms with Gasteiger partial charge in [-0.3, -0.25) is 10.1 Å². The van der Waals surface area contributed by atoms with Crippen LogP contribution in [-0.2, 0) is 0 Å². The maximum atomic E-state index is 11.8. The first-order valence-corrected chi connectivity index (χ1v) is 7.22. The Hall–Kier alpha value is -1.92. The second-order valence-corrected chi connectivity index (χ2v) is 5.70. The lowest BCUT2D eigenvalue weighted by Gasteiger charge is -2.12. The van der Waals surface area contributed by atoms with Crippen LogP contribution in [0.2, 0.25) is 0 Å². The number of rotatable bonds is 2. The second kappa shape index (κ2) is 6.02. The standard InChI is InChI=1S/C14H14N2O2S2/c1-8-6-10(11(17)7-9(8)2)15-14(19)16-13(18)12-4-3-5-20-12/h3-7,17H,1-2H3,(H2,15,16,18,19). The average molecular weight is 306 g/mol. The van der Waals surface area contributed by atoms with Gasteiger partial charge in [0.2, 0.25) is 0 Å². The normalized spacial score (nSPS) is 10.1. The summed E-state index contributed by atoms with van der Waals surface area (Å²) in [5.74, 6) is -0.165. The third kappa shape index (κ3) is 3.34. The van der Waals surface area contributed by atoms with E-state index in [-0.39, 0.29) is 16.8 Å². The molecule has 0 spiro atoms. The molecule has 1 amide bonds. The molecule has 0 aliphatic rings. The average Bonchev–Trinajstić information content (AvgIpc) is 2.89. The molecule has 3 N–H and O–H groups in total. The molecule has 0 unspecified atom stereocenters. The molecular weight excluding hydrogens is 292 g/mol. The summed E-state index contributed by atoms with van der Waals surface area (Å²) in [7, 11) is 0. The number of thiophene rings is 1. The number of thiocarbonyl (C=S) groups is 1. The smallest absolute Gasteiger partial charge is 0.267 e. The summed E-state index contributed by atoms with van der Waals surface area (Å²) in [5, 5.41) is 17.2. The molecule has 1 heterocycles. The van der Waals surface area contributed by atoms with E-state index in [1.54, 1.807) is 24.3 Å². The molecule has 2 aromatic rings. The number of aromatic hydroxyl groups is 1. The van der Waals surface area contributed by atoms with Crippen LogP contribution in [0.4, 0.5) is 5.69 Å². The van der Waals surface area contributed by atoms with Crippen LogP contribution in [0.3, 0.4) is 0 Å². The van der Waals surface area contributed by atoms with Gasteiger partial charge in [0.15, 0.2) is 5.11 Å². The third-order valence-electron chi connectivity index (χ3n) is 2.83. The van der Waals surface area contributed by atoms with E-state index in [2.05, 4.69) is 10.6 Å². The van der Waals surface area contributed by atoms with Gasteiger partial charge in [-0.05, 0) is 60.8 Å². The van der Waals surface area contributed by atoms with Gasteiger partial charge in [0.05, 0.1) is 10.6 Å². The SMILES string of the molecule is Cc1cc(O)c(NC(=S)NC(=O)c2cccs2)cc1C. The molecule has 0 radical (unpaired) electrons. The van der Waals surface area contributed by atoms with E-state index in [0.717, 1.165) is 11.1 Å². The minimum Gasteiger partial charge on any atom is -0.506 e. The zero-order chi connectivity index (χ0) is 14.7. The molecule has 104 valence electrons. The molecule has 0 bridgehead atoms. The highest BCUT2D eigenvalue weighted by molar-refractivity contribution is 7.80. The molecule has 0 saturated carbocycles. The lowest BCUT2D eigenvalue weighted by atomic mass is 10.1. The number of aryl methyl sites for hydroxylation is 2. The Morgan fingerprint density at radius 3 is 2.65 bits per heavy atom. The fourth-order valence-corrected chi connectivity index (χ4v) is 2.45. The van der Waals surface area contributed by atoms with Gasteiger partial charge >= 0.3 is 0 Å². The van der Waals surface area contributed by atoms with Gasteiger partial charge in [-0.15, -0.1) is 11.3 Å². The number of carbonyl (C=O) groups is 1. The van der Waals surface area contributed by atoms with Crippen LogP contribution in [0.15, 0.2) is 29.6 Å². The van der Waals surface area contributed by atoms with Crippen molar-refractivity contribution >= 4 is 40.3 Å². The zero-order valence-electron chi connectivity index (χ0n) is 11.1. The highest BCUT2D eigenvalue weighted by Crippen LogP contribution is 2.26. The minimum atomic E-state index is -0.263. The quantitative estimate of drug-likeness (QED) is 0.589. The number of anilines is 1. The van der Waals surface area contributed by atoms with Crippen LogP contribution in [0.25, 0.3) is 0 Å². The van der Waals surface area contributed by atoms with Gasteiger partial charge in [-0.1, -0.05) is 6.07 Å². The molecule has 6 heteroatoms. The Labute approximate surface area is 126 Å². The molecule has 20 heavy (non-hydrogen) atoms. The maximum Gasteiger partial charge on any atom is 0.267 e. The first kappa shape index (κ1) is 14.5. The van der Waals surface area contributed by atoms with Crippen molar-refractivity contribution < 1.29 is 9.90 Å². The van der Waals surface area contributed by atoms with E-state index in [1.807, 2.05) is 19.2 Å². The summed E-state index contributed by atoms with van der Waals surface area (Å²) in [6.07, 6.45) is 0. The fraction of sp³-hybridized carbons (Fsp3) is 0.143. The van der Waals surface area contributed by atoms with Gasteiger partial charge < -0.3 is 10.4 Å². The topological polar surface area (TPSA) is 61.4 Å². The van der Waals surface area contributed by atoms with E-state index < -0.39 is 0 Å². The number of hydrogen-bond donors (Lipinski definition) is 3. The van der Waals surface area contributed by atoms with Crippen molar-refractivity contribution in [3.05, 3.63) is 45.6 Å². The lowest BCUT2D eigenvalue weighted by Crippen LogP contribution is -2.33. The number of carbonyl (C=O) groups excluding carboxylic acids is 1. The van der Waals surface area contributed by atoms with Gasteiger partial charge in [0.25, 0.3) is 5.91 Å². The van der Waals surface area contributed by atoms with Gasteiger partial charge in [-0.2, -0.15) is 0 Å². The predicted octanol–water partition coefficient (Wildman–Crippen LogP) is 3.20. The Balaban J connectivity index is 2.05. The summed E-state index contributed by atoms with van der Waals surface area (Å²) in [4.78, 5) is 12.4. The van der Waals surface area contributed by atoms with Gasteiger partial charge in [-0.25, -0.2) is 0 Å². The van der Waals surface area contributed by atoms with E-state index in [4.69, 9.17) is 12.2 Å². The van der Waals surface area contributed by atoms with E-state index >= 15 is 0 Å². The molecule has 0 saturated heterocycles. The monoisotopic (exact) mass is 306 g/mol. The predicted molar refractivity (Wildman–Crippen MR) is 85.6 cm³/mol. The molecule has 1 aromatic carbocycles. The van der Waals surface area contributed by atoms with Crippen molar-refractivity contribution in [2.75, 3.05) is 5.32 Å². The highest BCUT2D eigenvalue weighted by atomic mass is 32.1. The number of nitrogens with one attached hydrogen (secondary N) is 2. The van der Waals surface area contributed by atoms with E-state index in [0.29, 0.717) is 10.6 Å². The van der Waals surface area contributed by atoms with E-state index in [1.165, 1.54) is 11.3 Å². The Morgan fingerprint density at radius 1 is 1.30 bits per heavy atom. The number of benzene rings is 1. The molecule has 4 nitrogen and oxygen atoms in total. The second-order valence-electron chi connectivity index (χ2n) is 4.34. The van der Waals surface area contributed by atoms with Gasteiger partial charge in [0.1, 0.15) is 5.75 Å². The number of amides is 1. The van der Waals surface area contributed by atoms with Crippen molar-refractivity contribution in [1.29, 1.82) is 0 Å². The summed E-state index contributed by atoms with van der Waals surface area (Å²) in [5.41, 5.74) is 2.49. The van der Waals surface area contributed by atoms with Crippen LogP contribution in [-0.4, -0.2) is 16.1 Å². The van der Waals surface area contributed by atoms with Crippen molar-refractivity contribution in [2.24, 2.45) is 0 Å². The number of phenolic OH excluding ortho intramolecular Hbond substituents is 1. The summed E-state index contributed by atoms with van der Waals surface area (Å²) < 4.78 is 0. The molecule has 0 aliphatic carbocycles. The minimum absolute atomic E-state index is 0.0980. The Kier molecular flexibility index (Phi) is 4.36. The van der Waals surface area contributed by atoms with Crippen LogP contribution >= 0.6 is 23.6 Å². The van der Waals surface area contributed by atoms with Crippen LogP contribution in [0, 0.1) is 13.8 Å². The Bertz CT molecular complexity index is 651. The summed E-state index contributed by atoms with van der Waals surface area (Å²) in [6.45, 7) is 3.85. The maximum absolute atomic E-state index is 11.8. The summed E-state index contributed by atoms with van der Waals surface area (Å²) >= 11 is 6.41. The van der Waals surface area contributed by atoms with Crippen molar-refractivity contribution in [3.63, 3.8) is 0 Å². The molecule has 0 aliphatic heterocycles. The van der Waals surface area contributed by atoms with Crippen molar-refractivity contribution in [3.8, 4) is 5.75 Å². The molecule has 0 atom stereocenters. The zero-order valence-corrected chi connectivity index (χ0v) is 12.7. The first-order chi connectivity index (χ1) is 9.47. The molecule has 0 fully saturated rings. The highest BCUT2D eigenvalue weighted by Gasteiger charge is 2.10. The Morgan fingerprint density at radius 2 is 2.00 bits per heavy atom. The van der Waals surface area contributed by atoms with Crippen LogP contribution in [0.1, 0.15) is 20.8 Å².